The first-order valence-corrected chi connectivity index (χ1v) is 23.2. The van der Waals surface area contributed by atoms with E-state index in [2.05, 4.69) is 266 Å². The first-order valence-electron chi connectivity index (χ1n) is 23.2. The molecule has 0 radical (unpaired) electrons. The number of benzene rings is 13. The fourth-order valence-corrected chi connectivity index (χ4v) is 10.7. The van der Waals surface area contributed by atoms with E-state index in [1.165, 1.54) is 109 Å². The monoisotopic (exact) mass is 849 g/mol. The largest absolute Gasteiger partial charge is 0.310 e. The average molecular weight is 850 g/mol. The molecule has 0 fully saturated rings. The standard InChI is InChI=1S/C66H43N/c1-3-17-47(18-4-1)65-62-27-14-12-25-58(62)60-41-35-49(42-63(60)66(65)48-19-5-2-6-20-48)44-30-36-51(37-31-44)67(64-43-50-21-8-10-23-55(50)57-24-11-13-26-61(57)64)52-38-32-46(33-39-52)54-28-15-29-56-53-22-9-7-16-45(53)34-40-59(54)56/h1-43H. The summed E-state index contributed by atoms with van der Waals surface area (Å²) in [5.74, 6) is 0. The number of hydrogen-bond acceptors (Lipinski definition) is 1. The van der Waals surface area contributed by atoms with Crippen molar-refractivity contribution in [3.8, 4) is 44.5 Å². The van der Waals surface area contributed by atoms with E-state index in [4.69, 9.17) is 0 Å². The number of hydrogen-bond donors (Lipinski definition) is 0. The van der Waals surface area contributed by atoms with Crippen LogP contribution in [0.4, 0.5) is 17.1 Å². The van der Waals surface area contributed by atoms with Gasteiger partial charge < -0.3 is 4.90 Å². The lowest BCUT2D eigenvalue weighted by atomic mass is 9.84. The molecule has 0 aliphatic rings. The third-order valence-corrected chi connectivity index (χ3v) is 13.8. The van der Waals surface area contributed by atoms with E-state index in [0.29, 0.717) is 0 Å². The summed E-state index contributed by atoms with van der Waals surface area (Å²) in [6.07, 6.45) is 0. The first-order chi connectivity index (χ1) is 33.2. The normalized spacial score (nSPS) is 11.6. The second kappa shape index (κ2) is 16.0. The quantitative estimate of drug-likeness (QED) is 0.144. The molecule has 0 N–H and O–H groups in total. The summed E-state index contributed by atoms with van der Waals surface area (Å²) in [5.41, 5.74) is 13.1. The van der Waals surface area contributed by atoms with Gasteiger partial charge in [0.25, 0.3) is 0 Å². The Bertz CT molecular complexity index is 4000. The molecule has 1 nitrogen and oxygen atoms in total. The van der Waals surface area contributed by atoms with Crippen LogP contribution in [0.15, 0.2) is 261 Å². The molecule has 0 heterocycles. The molecule has 13 aromatic carbocycles. The highest BCUT2D eigenvalue weighted by atomic mass is 15.1. The zero-order valence-corrected chi connectivity index (χ0v) is 36.8. The van der Waals surface area contributed by atoms with Crippen molar-refractivity contribution in [3.63, 3.8) is 0 Å². The van der Waals surface area contributed by atoms with Gasteiger partial charge in [-0.05, 0) is 140 Å². The van der Waals surface area contributed by atoms with Crippen molar-refractivity contribution < 1.29 is 0 Å². The van der Waals surface area contributed by atoms with E-state index in [0.717, 1.165) is 17.1 Å². The lowest BCUT2D eigenvalue weighted by molar-refractivity contribution is 1.30. The second-order valence-electron chi connectivity index (χ2n) is 17.6. The molecule has 1 heteroatoms. The van der Waals surface area contributed by atoms with Gasteiger partial charge in [0.2, 0.25) is 0 Å². The Kier molecular flexibility index (Phi) is 9.25. The Morgan fingerprint density at radius 3 is 1.33 bits per heavy atom. The molecule has 0 bridgehead atoms. The smallest absolute Gasteiger partial charge is 0.0546 e. The van der Waals surface area contributed by atoms with Crippen LogP contribution < -0.4 is 4.90 Å². The molecule has 0 aliphatic carbocycles. The van der Waals surface area contributed by atoms with Crippen molar-refractivity contribution in [2.45, 2.75) is 0 Å². The minimum Gasteiger partial charge on any atom is -0.310 e. The highest BCUT2D eigenvalue weighted by Gasteiger charge is 2.21. The van der Waals surface area contributed by atoms with Gasteiger partial charge in [-0.3, -0.25) is 0 Å². The summed E-state index contributed by atoms with van der Waals surface area (Å²) in [5, 5.41) is 15.0. The summed E-state index contributed by atoms with van der Waals surface area (Å²) >= 11 is 0. The first kappa shape index (κ1) is 38.7. The summed E-state index contributed by atoms with van der Waals surface area (Å²) in [6, 6.07) is 95.8. The summed E-state index contributed by atoms with van der Waals surface area (Å²) in [6.45, 7) is 0. The fourth-order valence-electron chi connectivity index (χ4n) is 10.7. The minimum absolute atomic E-state index is 1.09. The number of rotatable bonds is 7. The maximum Gasteiger partial charge on any atom is 0.0546 e. The molecule has 67 heavy (non-hydrogen) atoms. The summed E-state index contributed by atoms with van der Waals surface area (Å²) < 4.78 is 0. The lowest BCUT2D eigenvalue weighted by Gasteiger charge is -2.28. The molecule has 0 aliphatic heterocycles. The van der Waals surface area contributed by atoms with Gasteiger partial charge >= 0.3 is 0 Å². The fraction of sp³-hybridized carbons (Fsp3) is 0. The van der Waals surface area contributed by atoms with E-state index >= 15 is 0 Å². The molecule has 0 saturated carbocycles. The van der Waals surface area contributed by atoms with Crippen LogP contribution in [0.5, 0.6) is 0 Å². The van der Waals surface area contributed by atoms with E-state index < -0.39 is 0 Å². The zero-order valence-electron chi connectivity index (χ0n) is 36.8. The van der Waals surface area contributed by atoms with Crippen LogP contribution in [0.3, 0.4) is 0 Å². The molecule has 0 saturated heterocycles. The molecule has 0 amide bonds. The molecule has 0 aromatic heterocycles. The Morgan fingerprint density at radius 1 is 0.209 bits per heavy atom. The maximum absolute atomic E-state index is 2.44. The molecule has 13 aromatic rings. The van der Waals surface area contributed by atoms with Crippen LogP contribution in [0, 0.1) is 0 Å². The van der Waals surface area contributed by atoms with Crippen LogP contribution >= 0.6 is 0 Å². The number of nitrogens with zero attached hydrogens (tertiary/aromatic N) is 1. The van der Waals surface area contributed by atoms with Crippen LogP contribution in [0.25, 0.3) is 109 Å². The van der Waals surface area contributed by atoms with E-state index in [9.17, 15) is 0 Å². The van der Waals surface area contributed by atoms with Gasteiger partial charge in [0.05, 0.1) is 5.69 Å². The van der Waals surface area contributed by atoms with Gasteiger partial charge in [-0.1, -0.05) is 224 Å². The third kappa shape index (κ3) is 6.55. The van der Waals surface area contributed by atoms with Crippen molar-refractivity contribution in [1.29, 1.82) is 0 Å². The highest BCUT2D eigenvalue weighted by Crippen LogP contribution is 2.47. The lowest BCUT2D eigenvalue weighted by Crippen LogP contribution is -2.10. The van der Waals surface area contributed by atoms with Crippen LogP contribution in [0.1, 0.15) is 0 Å². The Hall–Kier alpha value is -8.78. The van der Waals surface area contributed by atoms with Crippen molar-refractivity contribution in [1.82, 2.24) is 0 Å². The van der Waals surface area contributed by atoms with E-state index in [1.807, 2.05) is 0 Å². The van der Waals surface area contributed by atoms with E-state index in [1.54, 1.807) is 0 Å². The molecular formula is C66H43N. The van der Waals surface area contributed by atoms with Gasteiger partial charge in [-0.15, -0.1) is 0 Å². The van der Waals surface area contributed by atoms with Crippen LogP contribution in [-0.2, 0) is 0 Å². The van der Waals surface area contributed by atoms with Crippen molar-refractivity contribution >= 4 is 81.7 Å². The molecule has 0 spiro atoms. The second-order valence-corrected chi connectivity index (χ2v) is 17.6. The van der Waals surface area contributed by atoms with Gasteiger partial charge in [-0.25, -0.2) is 0 Å². The van der Waals surface area contributed by atoms with Crippen molar-refractivity contribution in [3.05, 3.63) is 261 Å². The Balaban J connectivity index is 0.969. The highest BCUT2D eigenvalue weighted by molar-refractivity contribution is 6.22. The molecule has 312 valence electrons. The number of anilines is 3. The molecule has 0 atom stereocenters. The third-order valence-electron chi connectivity index (χ3n) is 13.8. The SMILES string of the molecule is c1ccc(-c2c(-c3ccccc3)c3cc(-c4ccc(N(c5ccc(-c6cccc7c6ccc6ccccc67)cc5)c5cc6ccccc6c6ccccc56)cc4)ccc3c3ccccc23)cc1. The predicted molar refractivity (Wildman–Crippen MR) is 288 cm³/mol. The van der Waals surface area contributed by atoms with Gasteiger partial charge in [0.1, 0.15) is 0 Å². The van der Waals surface area contributed by atoms with Crippen molar-refractivity contribution in [2.24, 2.45) is 0 Å². The topological polar surface area (TPSA) is 3.24 Å². The van der Waals surface area contributed by atoms with Gasteiger partial charge in [0.15, 0.2) is 0 Å². The summed E-state index contributed by atoms with van der Waals surface area (Å²) in [7, 11) is 0. The summed E-state index contributed by atoms with van der Waals surface area (Å²) in [4.78, 5) is 2.44. The van der Waals surface area contributed by atoms with E-state index in [-0.39, 0.29) is 0 Å². The van der Waals surface area contributed by atoms with Gasteiger partial charge in [-0.2, -0.15) is 0 Å². The molecular weight excluding hydrogens is 807 g/mol. The number of fused-ring (bicyclic) bond motifs is 9. The van der Waals surface area contributed by atoms with Gasteiger partial charge in [0, 0.05) is 16.8 Å². The van der Waals surface area contributed by atoms with Crippen molar-refractivity contribution in [2.75, 3.05) is 4.90 Å². The van der Waals surface area contributed by atoms with Crippen LogP contribution in [0.2, 0.25) is 0 Å². The molecule has 0 unspecified atom stereocenters. The van der Waals surface area contributed by atoms with Crippen LogP contribution in [-0.4, -0.2) is 0 Å². The maximum atomic E-state index is 2.44. The average Bonchev–Trinajstić information content (AvgIpc) is 3.41. The zero-order chi connectivity index (χ0) is 44.3. The minimum atomic E-state index is 1.09. The molecule has 13 rings (SSSR count). The predicted octanol–water partition coefficient (Wildman–Crippen LogP) is 18.7. The Morgan fingerprint density at radius 2 is 0.657 bits per heavy atom. The Labute approximate surface area is 390 Å².